The SMILES string of the molecule is [B-]c1n([C@H](c2ccccc2OC)C(C)(C)C)cc[n+]1[C@H](c1ccccc1OC)C(C)(C)C.[B-]c1n([C@H](c2ccccc2OC)C(C)(C)C)cc[n+]1[C@H](c1ccccc1OC)C(C)(C)C. The average molecular weight is 863 g/mol. The summed E-state index contributed by atoms with van der Waals surface area (Å²) < 4.78 is 31.5. The molecule has 0 saturated carbocycles. The summed E-state index contributed by atoms with van der Waals surface area (Å²) in [5, 5.41) is 0. The van der Waals surface area contributed by atoms with Gasteiger partial charge in [-0.3, -0.25) is 18.3 Å². The normalized spacial score (nSPS) is 14.2. The van der Waals surface area contributed by atoms with Gasteiger partial charge in [0.05, 0.1) is 28.4 Å². The van der Waals surface area contributed by atoms with Crippen molar-refractivity contribution in [2.24, 2.45) is 21.7 Å². The molecule has 0 aliphatic carbocycles. The van der Waals surface area contributed by atoms with Gasteiger partial charge in [-0.2, -0.15) is 0 Å². The van der Waals surface area contributed by atoms with Crippen molar-refractivity contribution in [3.05, 3.63) is 144 Å². The van der Waals surface area contributed by atoms with E-state index in [1.165, 1.54) is 0 Å². The van der Waals surface area contributed by atoms with Gasteiger partial charge >= 0.3 is 0 Å². The van der Waals surface area contributed by atoms with E-state index < -0.39 is 0 Å². The number of methoxy groups -OCH3 is 4. The fourth-order valence-corrected chi connectivity index (χ4v) is 9.44. The van der Waals surface area contributed by atoms with Gasteiger partial charge in [0.15, 0.2) is 0 Å². The molecular formula is C54H72B2N4O4. The predicted molar refractivity (Wildman–Crippen MR) is 262 cm³/mol. The Hall–Kier alpha value is -5.37. The van der Waals surface area contributed by atoms with E-state index in [1.54, 1.807) is 28.4 Å². The summed E-state index contributed by atoms with van der Waals surface area (Å²) in [5.41, 5.74) is 5.46. The lowest BCUT2D eigenvalue weighted by Gasteiger charge is -2.35. The second-order valence-electron chi connectivity index (χ2n) is 21.0. The maximum Gasteiger partial charge on any atom is 0.130 e. The van der Waals surface area contributed by atoms with E-state index in [0.29, 0.717) is 11.4 Å². The van der Waals surface area contributed by atoms with Crippen molar-refractivity contribution in [1.29, 1.82) is 0 Å². The Morgan fingerprint density at radius 1 is 0.391 bits per heavy atom. The Bertz CT molecular complexity index is 2130. The lowest BCUT2D eigenvalue weighted by atomic mass is 9.80. The van der Waals surface area contributed by atoms with Crippen LogP contribution in [0.2, 0.25) is 0 Å². The van der Waals surface area contributed by atoms with Crippen LogP contribution in [0.5, 0.6) is 23.0 Å². The second-order valence-corrected chi connectivity index (χ2v) is 21.0. The number of imidazole rings is 2. The van der Waals surface area contributed by atoms with Crippen LogP contribution in [0.4, 0.5) is 0 Å². The van der Waals surface area contributed by atoms with Crippen molar-refractivity contribution in [1.82, 2.24) is 9.13 Å². The van der Waals surface area contributed by atoms with Gasteiger partial charge in [0.2, 0.25) is 0 Å². The molecule has 64 heavy (non-hydrogen) atoms. The number of rotatable bonds is 12. The van der Waals surface area contributed by atoms with E-state index >= 15 is 0 Å². The minimum atomic E-state index is -0.0960. The maximum absolute atomic E-state index is 6.90. The molecule has 10 heteroatoms. The first-order chi connectivity index (χ1) is 30.0. The minimum Gasteiger partial charge on any atom is -0.496 e. The van der Waals surface area contributed by atoms with Crippen LogP contribution in [0, 0.1) is 21.7 Å². The molecular weight excluding hydrogens is 790 g/mol. The lowest BCUT2D eigenvalue weighted by Crippen LogP contribution is -2.58. The van der Waals surface area contributed by atoms with Gasteiger partial charge in [0.1, 0.15) is 72.0 Å². The molecule has 0 bridgehead atoms. The minimum absolute atomic E-state index is 0.00168. The number of nitrogens with zero attached hydrogens (tertiary/aromatic N) is 4. The third-order valence-electron chi connectivity index (χ3n) is 12.0. The van der Waals surface area contributed by atoms with Gasteiger partial charge in [-0.05, 0) is 35.7 Å². The van der Waals surface area contributed by atoms with E-state index in [4.69, 9.17) is 34.6 Å². The number of benzene rings is 4. The third-order valence-corrected chi connectivity index (χ3v) is 12.0. The standard InChI is InChI=1S/2C27H36BN2O2/c2*1-26(2,3)23(19-13-9-11-15-21(19)31-7)29-17-18-30(25(29)28)24(27(4,5)6)20-14-10-12-16-22(20)32-8/h2*9-18,23-24H,1-8H3/t2*23-,24-/m11/s1. The maximum atomic E-state index is 6.90. The number of aromatic nitrogens is 4. The summed E-state index contributed by atoms with van der Waals surface area (Å²) in [5.74, 6) is 3.46. The first-order valence-corrected chi connectivity index (χ1v) is 22.3. The zero-order valence-electron chi connectivity index (χ0n) is 41.4. The van der Waals surface area contributed by atoms with Gasteiger partial charge in [-0.25, -0.2) is 0 Å². The average Bonchev–Trinajstić information content (AvgIpc) is 3.77. The van der Waals surface area contributed by atoms with Crippen LogP contribution in [0.25, 0.3) is 0 Å². The van der Waals surface area contributed by atoms with Gasteiger partial charge < -0.3 is 34.6 Å². The highest BCUT2D eigenvalue weighted by atomic mass is 16.5. The quantitative estimate of drug-likeness (QED) is 0.0909. The first-order valence-electron chi connectivity index (χ1n) is 22.3. The molecule has 4 atom stereocenters. The fraction of sp³-hybridized carbons (Fsp3) is 0.444. The van der Waals surface area contributed by atoms with E-state index in [-0.39, 0.29) is 45.8 Å². The molecule has 0 spiro atoms. The third kappa shape index (κ3) is 10.6. The van der Waals surface area contributed by atoms with Crippen molar-refractivity contribution in [2.75, 3.05) is 28.4 Å². The van der Waals surface area contributed by atoms with Gasteiger partial charge in [0, 0.05) is 43.9 Å². The molecule has 8 nitrogen and oxygen atoms in total. The molecule has 0 saturated heterocycles. The molecule has 2 heterocycles. The monoisotopic (exact) mass is 863 g/mol. The molecule has 6 radical (unpaired) electrons. The molecule has 6 aromatic rings. The van der Waals surface area contributed by atoms with Crippen molar-refractivity contribution in [3.8, 4) is 23.0 Å². The molecule has 0 aliphatic heterocycles. The highest BCUT2D eigenvalue weighted by Gasteiger charge is 2.40. The molecule has 0 amide bonds. The molecule has 2 aromatic heterocycles. The molecule has 0 unspecified atom stereocenters. The summed E-state index contributed by atoms with van der Waals surface area (Å²) >= 11 is 0. The highest BCUT2D eigenvalue weighted by Crippen LogP contribution is 2.43. The Morgan fingerprint density at radius 2 is 0.641 bits per heavy atom. The topological polar surface area (TPSA) is 54.5 Å². The Kier molecular flexibility index (Phi) is 15.4. The largest absolute Gasteiger partial charge is 0.496 e. The molecule has 4 aromatic carbocycles. The van der Waals surface area contributed by atoms with Crippen LogP contribution in [-0.2, 0) is 0 Å². The van der Waals surface area contributed by atoms with Crippen molar-refractivity contribution in [2.45, 2.75) is 107 Å². The van der Waals surface area contributed by atoms with Crippen LogP contribution in [0.3, 0.4) is 0 Å². The predicted octanol–water partition coefficient (Wildman–Crippen LogP) is 9.72. The van der Waals surface area contributed by atoms with Gasteiger partial charge in [0.25, 0.3) is 0 Å². The van der Waals surface area contributed by atoms with Crippen molar-refractivity contribution in [3.63, 3.8) is 0 Å². The highest BCUT2D eigenvalue weighted by molar-refractivity contribution is 6.28. The van der Waals surface area contributed by atoms with Crippen LogP contribution in [0.15, 0.2) is 122 Å². The Balaban J connectivity index is 0.000000241. The van der Waals surface area contributed by atoms with Crippen LogP contribution >= 0.6 is 0 Å². The number of ether oxygens (including phenoxy) is 4. The van der Waals surface area contributed by atoms with E-state index in [9.17, 15) is 0 Å². The molecule has 0 fully saturated rings. The number of para-hydroxylation sites is 4. The summed E-state index contributed by atoms with van der Waals surface area (Å²) in [6, 6.07) is 32.7. The van der Waals surface area contributed by atoms with Crippen molar-refractivity contribution < 1.29 is 28.1 Å². The van der Waals surface area contributed by atoms with E-state index in [2.05, 4.69) is 175 Å². The van der Waals surface area contributed by atoms with Crippen LogP contribution < -0.4 is 39.5 Å². The van der Waals surface area contributed by atoms with E-state index in [1.807, 2.05) is 48.5 Å². The van der Waals surface area contributed by atoms with Crippen LogP contribution in [-0.4, -0.2) is 53.3 Å². The van der Waals surface area contributed by atoms with Gasteiger partial charge in [-0.1, -0.05) is 156 Å². The molecule has 0 N–H and O–H groups in total. The number of hydrogen-bond acceptors (Lipinski definition) is 4. The summed E-state index contributed by atoms with van der Waals surface area (Å²) in [6.45, 7) is 26.8. The summed E-state index contributed by atoms with van der Waals surface area (Å²) in [4.78, 5) is 0. The fourth-order valence-electron chi connectivity index (χ4n) is 9.44. The van der Waals surface area contributed by atoms with Gasteiger partial charge in [-0.15, -0.1) is 0 Å². The summed E-state index contributed by atoms with van der Waals surface area (Å²) in [6.07, 6.45) is 8.36. The molecule has 6 rings (SSSR count). The Morgan fingerprint density at radius 3 is 0.891 bits per heavy atom. The first kappa shape index (κ1) is 49.6. The molecule has 0 aliphatic rings. The number of hydrogen-bond donors (Lipinski definition) is 0. The van der Waals surface area contributed by atoms with Crippen LogP contribution in [0.1, 0.15) is 130 Å². The Labute approximate surface area is 387 Å². The lowest BCUT2D eigenvalue weighted by molar-refractivity contribution is -0.709. The zero-order valence-corrected chi connectivity index (χ0v) is 41.4. The zero-order chi connectivity index (χ0) is 47.4. The van der Waals surface area contributed by atoms with Crippen molar-refractivity contribution >= 4 is 27.1 Å². The smallest absolute Gasteiger partial charge is 0.130 e. The summed E-state index contributed by atoms with van der Waals surface area (Å²) in [7, 11) is 20.7. The molecule has 338 valence electrons. The second kappa shape index (κ2) is 19.8. The van der Waals surface area contributed by atoms with E-state index in [0.717, 1.165) is 45.3 Å².